The molecule has 2 atom stereocenters. The second-order valence-corrected chi connectivity index (χ2v) is 8.26. The molecule has 3 fully saturated rings. The Labute approximate surface area is 175 Å². The van der Waals surface area contributed by atoms with Gasteiger partial charge in [-0.2, -0.15) is 0 Å². The quantitative estimate of drug-likeness (QED) is 0.809. The predicted molar refractivity (Wildman–Crippen MR) is 108 cm³/mol. The van der Waals surface area contributed by atoms with Gasteiger partial charge in [0.1, 0.15) is 12.1 Å². The number of carbonyl (C=O) groups excluding carboxylic acids is 3. The van der Waals surface area contributed by atoms with Crippen LogP contribution in [-0.4, -0.2) is 81.8 Å². The van der Waals surface area contributed by atoms with Gasteiger partial charge >= 0.3 is 5.97 Å². The van der Waals surface area contributed by atoms with E-state index in [1.165, 1.54) is 4.90 Å². The second-order valence-electron chi connectivity index (χ2n) is 8.26. The number of rotatable bonds is 4. The predicted octanol–water partition coefficient (Wildman–Crippen LogP) is 1.60. The lowest BCUT2D eigenvalue weighted by Crippen LogP contribution is -2.51. The first-order valence-electron chi connectivity index (χ1n) is 10.7. The Hall–Kier alpha value is -2.90. The Bertz CT molecular complexity index is 847. The Kier molecular flexibility index (Phi) is 5.74. The van der Waals surface area contributed by atoms with Crippen molar-refractivity contribution in [3.8, 4) is 0 Å². The standard InChI is InChI=1S/C22H27N3O5/c26-19(23-11-1-2-12-23)15-7-9-16(10-8-15)20(27)24-13-3-5-17(24)21(28)25-14-4-6-18(25)22(29)30/h7-10,17-18H,1-6,11-14H2,(H,29,30)/t17-,18-/m0/s1. The second kappa shape index (κ2) is 8.45. The summed E-state index contributed by atoms with van der Waals surface area (Å²) in [4.78, 5) is 54.8. The molecule has 3 aliphatic rings. The summed E-state index contributed by atoms with van der Waals surface area (Å²) in [6, 6.07) is 5.20. The molecule has 8 nitrogen and oxygen atoms in total. The first-order valence-corrected chi connectivity index (χ1v) is 10.7. The lowest BCUT2D eigenvalue weighted by molar-refractivity contribution is -0.149. The van der Waals surface area contributed by atoms with E-state index in [0.717, 1.165) is 25.9 Å². The molecule has 30 heavy (non-hydrogen) atoms. The summed E-state index contributed by atoms with van der Waals surface area (Å²) in [5, 5.41) is 9.37. The number of amides is 3. The van der Waals surface area contributed by atoms with Crippen LogP contribution in [0.3, 0.4) is 0 Å². The van der Waals surface area contributed by atoms with Gasteiger partial charge in [0.15, 0.2) is 0 Å². The van der Waals surface area contributed by atoms with Crippen molar-refractivity contribution in [1.29, 1.82) is 0 Å². The zero-order valence-electron chi connectivity index (χ0n) is 17.0. The van der Waals surface area contributed by atoms with Crippen molar-refractivity contribution in [2.45, 2.75) is 50.6 Å². The highest BCUT2D eigenvalue weighted by atomic mass is 16.4. The third-order valence-corrected chi connectivity index (χ3v) is 6.39. The fourth-order valence-corrected chi connectivity index (χ4v) is 4.77. The monoisotopic (exact) mass is 413 g/mol. The SMILES string of the molecule is O=C(O)[C@@H]1CCCN1C(=O)[C@@H]1CCCN1C(=O)c1ccc(C(=O)N2CCCC2)cc1. The van der Waals surface area contributed by atoms with Crippen LogP contribution in [0.4, 0.5) is 0 Å². The average Bonchev–Trinajstić information content (AvgIpc) is 3.53. The minimum absolute atomic E-state index is 0.0190. The number of likely N-dealkylation sites (tertiary alicyclic amines) is 3. The number of aliphatic carboxylic acids is 1. The molecule has 1 aromatic rings. The van der Waals surface area contributed by atoms with Gasteiger partial charge in [-0.1, -0.05) is 0 Å². The van der Waals surface area contributed by atoms with Crippen LogP contribution in [0.1, 0.15) is 59.2 Å². The van der Waals surface area contributed by atoms with Gasteiger partial charge in [-0.3, -0.25) is 14.4 Å². The van der Waals surface area contributed by atoms with Crippen molar-refractivity contribution < 1.29 is 24.3 Å². The van der Waals surface area contributed by atoms with E-state index in [9.17, 15) is 24.3 Å². The van der Waals surface area contributed by atoms with Crippen LogP contribution in [0.2, 0.25) is 0 Å². The average molecular weight is 413 g/mol. The van der Waals surface area contributed by atoms with Gasteiger partial charge in [-0.05, 0) is 62.8 Å². The van der Waals surface area contributed by atoms with Crippen molar-refractivity contribution in [2.75, 3.05) is 26.2 Å². The maximum atomic E-state index is 13.1. The first kappa shape index (κ1) is 20.4. The topological polar surface area (TPSA) is 98.2 Å². The molecule has 3 aliphatic heterocycles. The Morgan fingerprint density at radius 2 is 1.23 bits per heavy atom. The van der Waals surface area contributed by atoms with Crippen LogP contribution in [0.5, 0.6) is 0 Å². The molecule has 0 spiro atoms. The van der Waals surface area contributed by atoms with Crippen LogP contribution >= 0.6 is 0 Å². The van der Waals surface area contributed by atoms with Crippen LogP contribution in [-0.2, 0) is 9.59 Å². The highest BCUT2D eigenvalue weighted by molar-refractivity contribution is 6.00. The van der Waals surface area contributed by atoms with Crippen molar-refractivity contribution >= 4 is 23.7 Å². The van der Waals surface area contributed by atoms with Crippen LogP contribution in [0, 0.1) is 0 Å². The normalized spacial score (nSPS) is 23.8. The zero-order valence-corrected chi connectivity index (χ0v) is 17.0. The molecule has 1 aromatic carbocycles. The minimum atomic E-state index is -0.991. The van der Waals surface area contributed by atoms with Crippen LogP contribution in [0.25, 0.3) is 0 Å². The summed E-state index contributed by atoms with van der Waals surface area (Å²) >= 11 is 0. The fourth-order valence-electron chi connectivity index (χ4n) is 4.77. The lowest BCUT2D eigenvalue weighted by atomic mass is 10.1. The van der Waals surface area contributed by atoms with Gasteiger partial charge in [0, 0.05) is 37.3 Å². The molecule has 0 bridgehead atoms. The van der Waals surface area contributed by atoms with E-state index in [-0.39, 0.29) is 17.7 Å². The molecule has 3 amide bonds. The van der Waals surface area contributed by atoms with E-state index in [1.54, 1.807) is 29.2 Å². The molecular weight excluding hydrogens is 386 g/mol. The van der Waals surface area contributed by atoms with Crippen LogP contribution in [0.15, 0.2) is 24.3 Å². The summed E-state index contributed by atoms with van der Waals surface area (Å²) in [5.41, 5.74) is 0.993. The van der Waals surface area contributed by atoms with Gasteiger partial charge in [0.2, 0.25) is 5.91 Å². The van der Waals surface area contributed by atoms with E-state index in [1.807, 2.05) is 4.90 Å². The number of benzene rings is 1. The number of nitrogens with zero attached hydrogens (tertiary/aromatic N) is 3. The Balaban J connectivity index is 1.46. The molecule has 0 saturated carbocycles. The van der Waals surface area contributed by atoms with Gasteiger partial charge < -0.3 is 19.8 Å². The van der Waals surface area contributed by atoms with Crippen molar-refractivity contribution in [3.63, 3.8) is 0 Å². The van der Waals surface area contributed by atoms with E-state index in [2.05, 4.69) is 0 Å². The third-order valence-electron chi connectivity index (χ3n) is 6.39. The van der Waals surface area contributed by atoms with Gasteiger partial charge in [-0.25, -0.2) is 4.79 Å². The highest BCUT2D eigenvalue weighted by Crippen LogP contribution is 2.26. The smallest absolute Gasteiger partial charge is 0.326 e. The number of carboxylic acid groups (broad SMARTS) is 1. The van der Waals surface area contributed by atoms with Gasteiger partial charge in [-0.15, -0.1) is 0 Å². The molecule has 0 aliphatic carbocycles. The van der Waals surface area contributed by atoms with E-state index >= 15 is 0 Å². The van der Waals surface area contributed by atoms with Gasteiger partial charge in [0.05, 0.1) is 0 Å². The molecular formula is C22H27N3O5. The van der Waals surface area contributed by atoms with E-state index < -0.39 is 18.1 Å². The molecule has 0 unspecified atom stereocenters. The van der Waals surface area contributed by atoms with Crippen molar-refractivity contribution in [2.24, 2.45) is 0 Å². The molecule has 1 N–H and O–H groups in total. The van der Waals surface area contributed by atoms with Gasteiger partial charge in [0.25, 0.3) is 11.8 Å². The molecule has 8 heteroatoms. The number of hydrogen-bond donors (Lipinski definition) is 1. The summed E-state index contributed by atoms with van der Waals surface area (Å²) in [7, 11) is 0. The molecule has 4 rings (SSSR count). The third kappa shape index (κ3) is 3.78. The minimum Gasteiger partial charge on any atom is -0.480 e. The highest BCUT2D eigenvalue weighted by Gasteiger charge is 2.42. The Morgan fingerprint density at radius 1 is 0.700 bits per heavy atom. The number of carbonyl (C=O) groups is 4. The zero-order chi connectivity index (χ0) is 21.3. The van der Waals surface area contributed by atoms with E-state index in [4.69, 9.17) is 0 Å². The first-order chi connectivity index (χ1) is 14.5. The Morgan fingerprint density at radius 3 is 1.83 bits per heavy atom. The summed E-state index contributed by atoms with van der Waals surface area (Å²) in [5.74, 6) is -1.53. The maximum absolute atomic E-state index is 13.1. The van der Waals surface area contributed by atoms with Crippen molar-refractivity contribution in [3.05, 3.63) is 35.4 Å². The molecule has 0 aromatic heterocycles. The lowest BCUT2D eigenvalue weighted by Gasteiger charge is -2.30. The molecule has 160 valence electrons. The molecule has 3 heterocycles. The van der Waals surface area contributed by atoms with E-state index in [0.29, 0.717) is 49.9 Å². The number of hydrogen-bond acceptors (Lipinski definition) is 4. The fraction of sp³-hybridized carbons (Fsp3) is 0.545. The largest absolute Gasteiger partial charge is 0.480 e. The van der Waals surface area contributed by atoms with Crippen molar-refractivity contribution in [1.82, 2.24) is 14.7 Å². The summed E-state index contributed by atoms with van der Waals surface area (Å²) in [6.07, 6.45) is 4.40. The summed E-state index contributed by atoms with van der Waals surface area (Å²) in [6.45, 7) is 2.42. The molecule has 3 saturated heterocycles. The van der Waals surface area contributed by atoms with Crippen LogP contribution < -0.4 is 0 Å². The summed E-state index contributed by atoms with van der Waals surface area (Å²) < 4.78 is 0. The maximum Gasteiger partial charge on any atom is 0.326 e. The number of carboxylic acids is 1. The molecule has 0 radical (unpaired) electrons.